The fourth-order valence-corrected chi connectivity index (χ4v) is 0.831. The van der Waals surface area contributed by atoms with Crippen molar-refractivity contribution in [3.8, 4) is 0 Å². The quantitative estimate of drug-likeness (QED) is 0.414. The summed E-state index contributed by atoms with van der Waals surface area (Å²) in [5, 5.41) is 35.4. The molecule has 0 aromatic rings. The normalized spacial score (nSPS) is 19.4. The summed E-state index contributed by atoms with van der Waals surface area (Å²) < 4.78 is 0. The molecule has 0 amide bonds. The molecule has 4 N–H and O–H groups in total. The Morgan fingerprint density at radius 2 is 1.64 bits per heavy atom. The zero-order valence-electron chi connectivity index (χ0n) is 6.64. The number of rotatable bonds is 5. The second-order valence-electron chi connectivity index (χ2n) is 2.60. The Bertz CT molecular complexity index is 96.4. The van der Waals surface area contributed by atoms with E-state index in [1.807, 2.05) is 6.92 Å². The SMILES string of the molecule is CCCC(O)[C@@H](O)[C@H](O)CO. The van der Waals surface area contributed by atoms with Crippen LogP contribution in [0.2, 0.25) is 0 Å². The lowest BCUT2D eigenvalue weighted by Crippen LogP contribution is -2.39. The molecule has 4 heteroatoms. The molecule has 0 saturated heterocycles. The van der Waals surface area contributed by atoms with Crippen LogP contribution in [0.25, 0.3) is 0 Å². The molecule has 0 fully saturated rings. The third kappa shape index (κ3) is 3.67. The monoisotopic (exact) mass is 164 g/mol. The maximum absolute atomic E-state index is 9.10. The molecule has 0 aromatic heterocycles. The molecule has 4 nitrogen and oxygen atoms in total. The Balaban J connectivity index is 3.70. The summed E-state index contributed by atoms with van der Waals surface area (Å²) in [4.78, 5) is 0. The van der Waals surface area contributed by atoms with Gasteiger partial charge in [-0.25, -0.2) is 0 Å². The van der Waals surface area contributed by atoms with Crippen LogP contribution in [0.3, 0.4) is 0 Å². The molecule has 3 atom stereocenters. The lowest BCUT2D eigenvalue weighted by Gasteiger charge is -2.20. The van der Waals surface area contributed by atoms with E-state index in [-0.39, 0.29) is 0 Å². The zero-order valence-corrected chi connectivity index (χ0v) is 6.64. The Kier molecular flexibility index (Phi) is 5.41. The second kappa shape index (κ2) is 5.49. The summed E-state index contributed by atoms with van der Waals surface area (Å²) >= 11 is 0. The molecule has 0 aromatic carbocycles. The fourth-order valence-electron chi connectivity index (χ4n) is 0.831. The van der Waals surface area contributed by atoms with E-state index in [4.69, 9.17) is 20.4 Å². The van der Waals surface area contributed by atoms with Gasteiger partial charge >= 0.3 is 0 Å². The zero-order chi connectivity index (χ0) is 8.85. The molecule has 0 bridgehead atoms. The first-order chi connectivity index (χ1) is 5.13. The average molecular weight is 164 g/mol. The van der Waals surface area contributed by atoms with Crippen molar-refractivity contribution in [1.29, 1.82) is 0 Å². The summed E-state index contributed by atoms with van der Waals surface area (Å²) in [5.41, 5.74) is 0. The molecule has 1 unspecified atom stereocenters. The molecule has 0 rings (SSSR count). The van der Waals surface area contributed by atoms with Gasteiger partial charge in [-0.1, -0.05) is 13.3 Å². The van der Waals surface area contributed by atoms with Crippen molar-refractivity contribution >= 4 is 0 Å². The maximum atomic E-state index is 9.10. The van der Waals surface area contributed by atoms with Gasteiger partial charge in [0.2, 0.25) is 0 Å². The minimum Gasteiger partial charge on any atom is -0.394 e. The van der Waals surface area contributed by atoms with E-state index in [0.29, 0.717) is 6.42 Å². The highest BCUT2D eigenvalue weighted by Gasteiger charge is 2.22. The summed E-state index contributed by atoms with van der Waals surface area (Å²) in [7, 11) is 0. The number of hydrogen-bond acceptors (Lipinski definition) is 4. The fraction of sp³-hybridized carbons (Fsp3) is 1.00. The van der Waals surface area contributed by atoms with Crippen LogP contribution in [-0.2, 0) is 0 Å². The van der Waals surface area contributed by atoms with Crippen LogP contribution in [0, 0.1) is 0 Å². The Morgan fingerprint density at radius 3 is 2.00 bits per heavy atom. The minimum atomic E-state index is -1.24. The van der Waals surface area contributed by atoms with Crippen LogP contribution in [0.5, 0.6) is 0 Å². The summed E-state index contributed by atoms with van der Waals surface area (Å²) in [6.07, 6.45) is -2.26. The number of aliphatic hydroxyl groups excluding tert-OH is 4. The summed E-state index contributed by atoms with van der Waals surface area (Å²) in [6, 6.07) is 0. The molecule has 11 heavy (non-hydrogen) atoms. The second-order valence-corrected chi connectivity index (χ2v) is 2.60. The highest BCUT2D eigenvalue weighted by Crippen LogP contribution is 2.05. The van der Waals surface area contributed by atoms with Crippen molar-refractivity contribution in [3.63, 3.8) is 0 Å². The summed E-state index contributed by atoms with van der Waals surface area (Å²) in [5.74, 6) is 0. The molecule has 0 spiro atoms. The smallest absolute Gasteiger partial charge is 0.108 e. The number of hydrogen-bond donors (Lipinski definition) is 4. The Hall–Kier alpha value is -0.160. The van der Waals surface area contributed by atoms with E-state index in [1.54, 1.807) is 0 Å². The lowest BCUT2D eigenvalue weighted by molar-refractivity contribution is -0.0782. The van der Waals surface area contributed by atoms with Gasteiger partial charge in [-0.3, -0.25) is 0 Å². The van der Waals surface area contributed by atoms with E-state index >= 15 is 0 Å². The molecule has 0 heterocycles. The van der Waals surface area contributed by atoms with E-state index < -0.39 is 24.9 Å². The maximum Gasteiger partial charge on any atom is 0.108 e. The van der Waals surface area contributed by atoms with Gasteiger partial charge in [-0.15, -0.1) is 0 Å². The molecular formula is C7H16O4. The third-order valence-electron chi connectivity index (χ3n) is 1.56. The lowest BCUT2D eigenvalue weighted by atomic mass is 10.0. The van der Waals surface area contributed by atoms with Crippen LogP contribution >= 0.6 is 0 Å². The molecule has 68 valence electrons. The predicted molar refractivity (Wildman–Crippen MR) is 40.0 cm³/mol. The van der Waals surface area contributed by atoms with Crippen molar-refractivity contribution in [2.45, 2.75) is 38.1 Å². The molecule has 0 saturated carbocycles. The molecule has 0 radical (unpaired) electrons. The standard InChI is InChI=1S/C7H16O4/c1-2-3-5(9)7(11)6(10)4-8/h5-11H,2-4H2,1H3/t5?,6-,7-/m1/s1. The minimum absolute atomic E-state index is 0.429. The molecule has 0 aliphatic rings. The average Bonchev–Trinajstić information content (AvgIpc) is 2.02. The van der Waals surface area contributed by atoms with Crippen molar-refractivity contribution in [1.82, 2.24) is 0 Å². The van der Waals surface area contributed by atoms with Crippen molar-refractivity contribution in [2.24, 2.45) is 0 Å². The van der Waals surface area contributed by atoms with Crippen LogP contribution in [0.1, 0.15) is 19.8 Å². The largest absolute Gasteiger partial charge is 0.394 e. The first kappa shape index (κ1) is 10.8. The first-order valence-corrected chi connectivity index (χ1v) is 3.78. The molecule has 0 aliphatic carbocycles. The van der Waals surface area contributed by atoms with Gasteiger partial charge in [0.1, 0.15) is 12.2 Å². The Labute approximate surface area is 66.1 Å². The van der Waals surface area contributed by atoms with Gasteiger partial charge in [0, 0.05) is 0 Å². The topological polar surface area (TPSA) is 80.9 Å². The van der Waals surface area contributed by atoms with Crippen molar-refractivity contribution < 1.29 is 20.4 Å². The van der Waals surface area contributed by atoms with E-state index in [9.17, 15) is 0 Å². The Morgan fingerprint density at radius 1 is 1.09 bits per heavy atom. The highest BCUT2D eigenvalue weighted by molar-refractivity contribution is 4.73. The van der Waals surface area contributed by atoms with Gasteiger partial charge in [0.25, 0.3) is 0 Å². The molecule has 0 aliphatic heterocycles. The van der Waals surface area contributed by atoms with E-state index in [1.165, 1.54) is 0 Å². The van der Waals surface area contributed by atoms with Gasteiger partial charge in [-0.05, 0) is 6.42 Å². The van der Waals surface area contributed by atoms with Gasteiger partial charge < -0.3 is 20.4 Å². The summed E-state index contributed by atoms with van der Waals surface area (Å²) in [6.45, 7) is 1.34. The van der Waals surface area contributed by atoms with Crippen LogP contribution in [0.15, 0.2) is 0 Å². The van der Waals surface area contributed by atoms with E-state index in [0.717, 1.165) is 6.42 Å². The van der Waals surface area contributed by atoms with Crippen molar-refractivity contribution in [3.05, 3.63) is 0 Å². The van der Waals surface area contributed by atoms with Gasteiger partial charge in [0.05, 0.1) is 12.7 Å². The predicted octanol–water partition coefficient (Wildman–Crippen LogP) is -1.14. The first-order valence-electron chi connectivity index (χ1n) is 3.78. The third-order valence-corrected chi connectivity index (χ3v) is 1.56. The van der Waals surface area contributed by atoms with Gasteiger partial charge in [-0.2, -0.15) is 0 Å². The molecular weight excluding hydrogens is 148 g/mol. The van der Waals surface area contributed by atoms with E-state index in [2.05, 4.69) is 0 Å². The highest BCUT2D eigenvalue weighted by atomic mass is 16.4. The van der Waals surface area contributed by atoms with Crippen LogP contribution in [0.4, 0.5) is 0 Å². The van der Waals surface area contributed by atoms with Gasteiger partial charge in [0.15, 0.2) is 0 Å². The number of aliphatic hydroxyl groups is 4. The van der Waals surface area contributed by atoms with Crippen LogP contribution < -0.4 is 0 Å². The van der Waals surface area contributed by atoms with Crippen molar-refractivity contribution in [2.75, 3.05) is 6.61 Å². The van der Waals surface area contributed by atoms with Crippen LogP contribution in [-0.4, -0.2) is 45.3 Å².